The molecule has 36 heavy (non-hydrogen) atoms. The lowest BCUT2D eigenvalue weighted by molar-refractivity contribution is 0.185. The molecule has 0 radical (unpaired) electrons. The molecular weight excluding hydrogens is 460 g/mol. The van der Waals surface area contributed by atoms with Gasteiger partial charge in [0.2, 0.25) is 0 Å². The van der Waals surface area contributed by atoms with Crippen molar-refractivity contribution in [2.24, 2.45) is 0 Å². The molecule has 184 valence electrons. The number of hydrogen-bond acceptors (Lipinski definition) is 7. The van der Waals surface area contributed by atoms with Gasteiger partial charge in [0, 0.05) is 25.6 Å². The number of rotatable bonds is 9. The van der Waals surface area contributed by atoms with Crippen LogP contribution in [-0.4, -0.2) is 53.0 Å². The second-order valence-electron chi connectivity index (χ2n) is 8.41. The highest BCUT2D eigenvalue weighted by atomic mass is 16.5. The fourth-order valence-corrected chi connectivity index (χ4v) is 4.32. The van der Waals surface area contributed by atoms with Gasteiger partial charge in [-0.3, -0.25) is 14.3 Å². The largest absolute Gasteiger partial charge is 0.383 e. The zero-order valence-electron chi connectivity index (χ0n) is 20.1. The molecule has 0 saturated carbocycles. The van der Waals surface area contributed by atoms with E-state index in [0.29, 0.717) is 24.1 Å². The van der Waals surface area contributed by atoms with Crippen LogP contribution in [0.5, 0.6) is 0 Å². The summed E-state index contributed by atoms with van der Waals surface area (Å²) in [5.74, 6) is 0.762. The maximum absolute atomic E-state index is 13.3. The third kappa shape index (κ3) is 4.36. The number of nitrogens with one attached hydrogen (secondary N) is 1. The molecule has 11 heteroatoms. The second-order valence-corrected chi connectivity index (χ2v) is 8.41. The van der Waals surface area contributed by atoms with E-state index in [1.165, 1.54) is 11.7 Å². The van der Waals surface area contributed by atoms with Crippen LogP contribution in [0, 0.1) is 0 Å². The van der Waals surface area contributed by atoms with Gasteiger partial charge in [-0.05, 0) is 34.0 Å². The number of hydrogen-bond donors (Lipinski definition) is 1. The molecule has 0 amide bonds. The molecule has 3 aromatic heterocycles. The highest BCUT2D eigenvalue weighted by molar-refractivity contribution is 5.73. The summed E-state index contributed by atoms with van der Waals surface area (Å²) in [5.41, 5.74) is 3.74. The van der Waals surface area contributed by atoms with Crippen molar-refractivity contribution < 1.29 is 4.74 Å². The Hall–Kier alpha value is -4.38. The molecule has 5 aromatic rings. The fourth-order valence-electron chi connectivity index (χ4n) is 4.32. The van der Waals surface area contributed by atoms with E-state index in [9.17, 15) is 9.59 Å². The Morgan fingerprint density at radius 3 is 2.56 bits per heavy atom. The molecule has 11 nitrogen and oxygen atoms in total. The van der Waals surface area contributed by atoms with Crippen molar-refractivity contribution >= 4 is 11.2 Å². The van der Waals surface area contributed by atoms with E-state index >= 15 is 0 Å². The van der Waals surface area contributed by atoms with Gasteiger partial charge in [-0.2, -0.15) is 4.68 Å². The van der Waals surface area contributed by atoms with Crippen molar-refractivity contribution in [1.82, 2.24) is 39.3 Å². The van der Waals surface area contributed by atoms with Crippen LogP contribution < -0.4 is 11.2 Å². The van der Waals surface area contributed by atoms with Gasteiger partial charge >= 0.3 is 5.69 Å². The first kappa shape index (κ1) is 23.4. The summed E-state index contributed by atoms with van der Waals surface area (Å²) in [7, 11) is 1.53. The van der Waals surface area contributed by atoms with Crippen molar-refractivity contribution in [3.8, 4) is 16.8 Å². The number of fused-ring (bicyclic) bond motifs is 1. The Bertz CT molecular complexity index is 1600. The maximum Gasteiger partial charge on any atom is 0.330 e. The summed E-state index contributed by atoms with van der Waals surface area (Å²) >= 11 is 0. The number of tetrazole rings is 1. The van der Waals surface area contributed by atoms with E-state index in [1.807, 2.05) is 53.1 Å². The Morgan fingerprint density at radius 2 is 1.83 bits per heavy atom. The van der Waals surface area contributed by atoms with Crippen molar-refractivity contribution in [2.75, 3.05) is 13.7 Å². The summed E-state index contributed by atoms with van der Waals surface area (Å²) in [4.78, 5) is 33.1. The van der Waals surface area contributed by atoms with Crippen molar-refractivity contribution in [3.05, 3.63) is 87.1 Å². The minimum absolute atomic E-state index is 0.171. The van der Waals surface area contributed by atoms with Crippen LogP contribution in [0.15, 0.2) is 64.4 Å². The van der Waals surface area contributed by atoms with Gasteiger partial charge in [-0.25, -0.2) is 9.78 Å². The molecule has 0 saturated heterocycles. The van der Waals surface area contributed by atoms with Crippen LogP contribution in [0.4, 0.5) is 0 Å². The maximum atomic E-state index is 13.3. The highest BCUT2D eigenvalue weighted by Crippen LogP contribution is 2.26. The van der Waals surface area contributed by atoms with E-state index < -0.39 is 5.69 Å². The number of imidazole rings is 1. The molecule has 0 atom stereocenters. The number of ether oxygens (including phenoxy) is 1. The summed E-state index contributed by atoms with van der Waals surface area (Å²) in [6.45, 7) is 2.94. The van der Waals surface area contributed by atoms with E-state index in [4.69, 9.17) is 4.74 Å². The molecule has 0 spiro atoms. The number of methoxy groups -OCH3 is 1. The first-order valence-corrected chi connectivity index (χ1v) is 11.7. The number of H-pyrrole nitrogens is 1. The van der Waals surface area contributed by atoms with Crippen LogP contribution in [0.1, 0.15) is 24.7 Å². The van der Waals surface area contributed by atoms with Gasteiger partial charge in [-0.15, -0.1) is 5.10 Å². The molecule has 3 heterocycles. The molecule has 0 fully saturated rings. The van der Waals surface area contributed by atoms with Gasteiger partial charge in [0.1, 0.15) is 12.2 Å². The number of aromatic nitrogens is 8. The molecule has 0 aliphatic carbocycles. The SMILES string of the molecule is CCCc1nc2[nH]c(=O)n(CCOC)c(=O)c2n1Cc1ccc(-c2ccccc2-n2cnnn2)cc1. The van der Waals surface area contributed by atoms with E-state index in [0.717, 1.165) is 34.6 Å². The van der Waals surface area contributed by atoms with Gasteiger partial charge < -0.3 is 9.30 Å². The number of aryl methyl sites for hydroxylation is 1. The molecule has 0 aliphatic heterocycles. The van der Waals surface area contributed by atoms with Gasteiger partial charge in [0.25, 0.3) is 5.56 Å². The normalized spacial score (nSPS) is 11.4. The molecule has 0 unspecified atom stereocenters. The van der Waals surface area contributed by atoms with Gasteiger partial charge in [-0.1, -0.05) is 49.4 Å². The average Bonchev–Trinajstić information content (AvgIpc) is 3.54. The number of para-hydroxylation sites is 1. The van der Waals surface area contributed by atoms with Crippen molar-refractivity contribution in [1.29, 1.82) is 0 Å². The number of nitrogens with zero attached hydrogens (tertiary/aromatic N) is 7. The van der Waals surface area contributed by atoms with Crippen LogP contribution in [0.25, 0.3) is 28.0 Å². The fraction of sp³-hybridized carbons (Fsp3) is 0.280. The molecular formula is C25H26N8O3. The van der Waals surface area contributed by atoms with Crippen LogP contribution >= 0.6 is 0 Å². The van der Waals surface area contributed by atoms with Crippen LogP contribution in [0.3, 0.4) is 0 Å². The monoisotopic (exact) mass is 486 g/mol. The number of benzene rings is 2. The van der Waals surface area contributed by atoms with E-state index in [-0.39, 0.29) is 18.7 Å². The standard InChI is InChI=1S/C25H26N8O3/c1-3-6-21-27-23-22(24(34)31(13-14-36-2)25(35)28-23)32(21)15-17-9-11-18(12-10-17)19-7-4-5-8-20(19)33-16-26-29-30-33/h4-5,7-12,16H,3,6,13-15H2,1-2H3,(H,28,35). The van der Waals surface area contributed by atoms with Crippen LogP contribution in [-0.2, 0) is 24.2 Å². The highest BCUT2D eigenvalue weighted by Gasteiger charge is 2.18. The minimum atomic E-state index is -0.483. The third-order valence-corrected chi connectivity index (χ3v) is 6.06. The summed E-state index contributed by atoms with van der Waals surface area (Å²) in [6, 6.07) is 16.0. The minimum Gasteiger partial charge on any atom is -0.383 e. The Labute approximate surface area is 206 Å². The van der Waals surface area contributed by atoms with Gasteiger partial charge in [0.15, 0.2) is 11.2 Å². The second kappa shape index (κ2) is 10.1. The lowest BCUT2D eigenvalue weighted by atomic mass is 10.0. The van der Waals surface area contributed by atoms with E-state index in [1.54, 1.807) is 11.0 Å². The summed E-state index contributed by atoms with van der Waals surface area (Å²) in [5, 5.41) is 11.5. The van der Waals surface area contributed by atoms with Gasteiger partial charge in [0.05, 0.1) is 18.8 Å². The number of aromatic amines is 1. The quantitative estimate of drug-likeness (QED) is 0.338. The van der Waals surface area contributed by atoms with Crippen molar-refractivity contribution in [3.63, 3.8) is 0 Å². The Kier molecular flexibility index (Phi) is 6.54. The predicted molar refractivity (Wildman–Crippen MR) is 134 cm³/mol. The van der Waals surface area contributed by atoms with Crippen LogP contribution in [0.2, 0.25) is 0 Å². The topological polar surface area (TPSA) is 126 Å². The third-order valence-electron chi connectivity index (χ3n) is 6.06. The van der Waals surface area contributed by atoms with E-state index in [2.05, 4.69) is 32.4 Å². The smallest absolute Gasteiger partial charge is 0.330 e. The predicted octanol–water partition coefficient (Wildman–Crippen LogP) is 2.18. The lowest BCUT2D eigenvalue weighted by Crippen LogP contribution is -2.37. The Morgan fingerprint density at radius 1 is 1.03 bits per heavy atom. The molecule has 5 rings (SSSR count). The molecule has 1 N–H and O–H groups in total. The average molecular weight is 487 g/mol. The molecule has 0 bridgehead atoms. The molecule has 0 aliphatic rings. The lowest BCUT2D eigenvalue weighted by Gasteiger charge is -2.12. The summed E-state index contributed by atoms with van der Waals surface area (Å²) < 4.78 is 9.77. The first-order chi connectivity index (χ1) is 17.6. The zero-order chi connectivity index (χ0) is 25.1. The Balaban J connectivity index is 1.53. The molecule has 2 aromatic carbocycles. The van der Waals surface area contributed by atoms with Crippen molar-refractivity contribution in [2.45, 2.75) is 32.9 Å². The zero-order valence-corrected chi connectivity index (χ0v) is 20.1. The summed E-state index contributed by atoms with van der Waals surface area (Å²) in [6.07, 6.45) is 3.11. The first-order valence-electron chi connectivity index (χ1n) is 11.7.